The molecule has 0 bridgehead atoms. The van der Waals surface area contributed by atoms with Crippen LogP contribution in [0.15, 0.2) is 12.4 Å². The van der Waals surface area contributed by atoms with Gasteiger partial charge in [0.1, 0.15) is 5.82 Å². The van der Waals surface area contributed by atoms with Crippen molar-refractivity contribution < 1.29 is 0 Å². The lowest BCUT2D eigenvalue weighted by Gasteiger charge is -2.08. The Balaban J connectivity index is 1.74. The molecule has 0 aromatic carbocycles. The van der Waals surface area contributed by atoms with Crippen molar-refractivity contribution in [3.8, 4) is 0 Å². The molecule has 1 radical (unpaired) electrons. The fourth-order valence-electron chi connectivity index (χ4n) is 1.39. The van der Waals surface area contributed by atoms with Crippen LogP contribution in [0, 0.1) is 0 Å². The van der Waals surface area contributed by atoms with Crippen LogP contribution in [0.4, 0.5) is 0 Å². The van der Waals surface area contributed by atoms with Gasteiger partial charge in [0.15, 0.2) is 0 Å². The highest BCUT2D eigenvalue weighted by Crippen LogP contribution is 1.99. The fraction of sp³-hybridized carbons (Fsp3) is 0.625. The predicted molar refractivity (Wildman–Crippen MR) is 45.7 cm³/mol. The molecule has 2 rings (SSSR count). The molecule has 1 saturated heterocycles. The van der Waals surface area contributed by atoms with Gasteiger partial charge in [-0.05, 0) is 6.42 Å². The predicted octanol–water partition coefficient (Wildman–Crippen LogP) is -0.124. The van der Waals surface area contributed by atoms with Gasteiger partial charge in [0.2, 0.25) is 0 Å². The molecule has 1 aliphatic rings. The first-order valence-electron chi connectivity index (χ1n) is 4.30. The Labute approximate surface area is 71.8 Å². The molecule has 1 aliphatic heterocycles. The van der Waals surface area contributed by atoms with Gasteiger partial charge in [-0.25, -0.2) is 10.3 Å². The first-order valence-corrected chi connectivity index (χ1v) is 4.30. The number of imidazole rings is 1. The van der Waals surface area contributed by atoms with Gasteiger partial charge < -0.3 is 10.3 Å². The number of aromatic nitrogens is 2. The summed E-state index contributed by atoms with van der Waals surface area (Å²) in [5.41, 5.74) is 0. The maximum atomic E-state index is 4.27. The van der Waals surface area contributed by atoms with Crippen molar-refractivity contribution in [3.63, 3.8) is 0 Å². The lowest BCUT2D eigenvalue weighted by molar-refractivity contribution is 0.536. The Morgan fingerprint density at radius 2 is 2.67 bits per heavy atom. The van der Waals surface area contributed by atoms with Crippen LogP contribution in [-0.4, -0.2) is 29.1 Å². The maximum Gasteiger partial charge on any atom is 0.120 e. The summed E-state index contributed by atoms with van der Waals surface area (Å²) in [7, 11) is 0. The summed E-state index contributed by atoms with van der Waals surface area (Å²) < 4.78 is 0. The molecular formula is C8H13N4. The molecule has 1 fully saturated rings. The average Bonchev–Trinajstić information content (AvgIpc) is 2.74. The second kappa shape index (κ2) is 3.69. The normalized spacial score (nSPS) is 23.2. The molecule has 0 amide bonds. The third kappa shape index (κ3) is 1.84. The Kier molecular flexibility index (Phi) is 2.39. The van der Waals surface area contributed by atoms with Gasteiger partial charge >= 0.3 is 0 Å². The molecule has 65 valence electrons. The lowest BCUT2D eigenvalue weighted by Crippen LogP contribution is -2.29. The van der Waals surface area contributed by atoms with Crippen molar-refractivity contribution in [2.24, 2.45) is 0 Å². The molecular weight excluding hydrogens is 152 g/mol. The summed E-state index contributed by atoms with van der Waals surface area (Å²) in [5, 5.41) is 7.67. The van der Waals surface area contributed by atoms with Gasteiger partial charge in [-0.3, -0.25) is 0 Å². The zero-order chi connectivity index (χ0) is 8.23. The van der Waals surface area contributed by atoms with E-state index in [0.29, 0.717) is 6.04 Å². The van der Waals surface area contributed by atoms with E-state index in [-0.39, 0.29) is 0 Å². The third-order valence-corrected chi connectivity index (χ3v) is 2.10. The zero-order valence-electron chi connectivity index (χ0n) is 6.95. The molecule has 0 saturated carbocycles. The Morgan fingerprint density at radius 3 is 3.33 bits per heavy atom. The van der Waals surface area contributed by atoms with Crippen molar-refractivity contribution in [2.45, 2.75) is 19.0 Å². The average molecular weight is 165 g/mol. The van der Waals surface area contributed by atoms with E-state index in [1.165, 1.54) is 6.42 Å². The Morgan fingerprint density at radius 1 is 1.67 bits per heavy atom. The highest BCUT2D eigenvalue weighted by Gasteiger charge is 2.14. The van der Waals surface area contributed by atoms with Crippen LogP contribution in [0.5, 0.6) is 0 Å². The molecule has 0 aliphatic carbocycles. The van der Waals surface area contributed by atoms with Crippen LogP contribution < -0.4 is 10.6 Å². The number of nitrogens with one attached hydrogen (secondary N) is 2. The number of hydrogen-bond donors (Lipinski definition) is 2. The number of rotatable bonds is 3. The van der Waals surface area contributed by atoms with Gasteiger partial charge in [-0.15, -0.1) is 0 Å². The van der Waals surface area contributed by atoms with Crippen molar-refractivity contribution in [3.05, 3.63) is 18.2 Å². The van der Waals surface area contributed by atoms with E-state index in [1.54, 1.807) is 6.20 Å². The monoisotopic (exact) mass is 165 g/mol. The van der Waals surface area contributed by atoms with Gasteiger partial charge in [0.05, 0.1) is 6.54 Å². The summed E-state index contributed by atoms with van der Waals surface area (Å²) in [4.78, 5) is 7.19. The van der Waals surface area contributed by atoms with E-state index < -0.39 is 0 Å². The first-order chi connectivity index (χ1) is 5.95. The fourth-order valence-corrected chi connectivity index (χ4v) is 1.39. The molecule has 2 heterocycles. The third-order valence-electron chi connectivity index (χ3n) is 2.10. The molecule has 2 N–H and O–H groups in total. The standard InChI is InChI=1S/C8H13N4/c1-2-9-5-7(1)12-6-8-10-3-4-11-8/h3-4,7,12H,1-2,5-6H2,(H,10,11). The summed E-state index contributed by atoms with van der Waals surface area (Å²) in [6.07, 6.45) is 4.78. The molecule has 1 aromatic heterocycles. The van der Waals surface area contributed by atoms with Crippen LogP contribution in [-0.2, 0) is 6.54 Å². The van der Waals surface area contributed by atoms with Crippen LogP contribution in [0.3, 0.4) is 0 Å². The SMILES string of the molecule is c1c[nH]c(CNC2CC[N]C2)n1. The van der Waals surface area contributed by atoms with Gasteiger partial charge in [-0.1, -0.05) is 0 Å². The number of hydrogen-bond acceptors (Lipinski definition) is 2. The lowest BCUT2D eigenvalue weighted by atomic mass is 10.2. The van der Waals surface area contributed by atoms with Crippen LogP contribution >= 0.6 is 0 Å². The Hall–Kier alpha value is -0.870. The minimum Gasteiger partial charge on any atom is -0.348 e. The highest BCUT2D eigenvalue weighted by molar-refractivity contribution is 4.88. The molecule has 1 aromatic rings. The highest BCUT2D eigenvalue weighted by atomic mass is 15.0. The summed E-state index contributed by atoms with van der Waals surface area (Å²) in [5.74, 6) is 1.00. The number of nitrogens with zero attached hydrogens (tertiary/aromatic N) is 2. The van der Waals surface area contributed by atoms with E-state index in [1.807, 2.05) is 6.20 Å². The largest absolute Gasteiger partial charge is 0.348 e. The van der Waals surface area contributed by atoms with Crippen LogP contribution in [0.25, 0.3) is 0 Å². The minimum atomic E-state index is 0.565. The van der Waals surface area contributed by atoms with Crippen LogP contribution in [0.2, 0.25) is 0 Å². The molecule has 12 heavy (non-hydrogen) atoms. The van der Waals surface area contributed by atoms with Crippen molar-refractivity contribution in [1.29, 1.82) is 0 Å². The van der Waals surface area contributed by atoms with Gasteiger partial charge in [0.25, 0.3) is 0 Å². The molecule has 1 unspecified atom stereocenters. The minimum absolute atomic E-state index is 0.565. The Bertz CT molecular complexity index is 213. The van der Waals surface area contributed by atoms with E-state index in [9.17, 15) is 0 Å². The maximum absolute atomic E-state index is 4.27. The smallest absolute Gasteiger partial charge is 0.120 e. The van der Waals surface area contributed by atoms with E-state index in [4.69, 9.17) is 0 Å². The second-order valence-electron chi connectivity index (χ2n) is 3.03. The molecule has 0 spiro atoms. The van der Waals surface area contributed by atoms with Crippen LogP contribution in [0.1, 0.15) is 12.2 Å². The zero-order valence-corrected chi connectivity index (χ0v) is 6.95. The van der Waals surface area contributed by atoms with E-state index in [0.717, 1.165) is 25.5 Å². The van der Waals surface area contributed by atoms with Crippen molar-refractivity contribution >= 4 is 0 Å². The van der Waals surface area contributed by atoms with E-state index >= 15 is 0 Å². The molecule has 4 heteroatoms. The summed E-state index contributed by atoms with van der Waals surface area (Å²) in [6.45, 7) is 2.80. The first kappa shape index (κ1) is 7.76. The van der Waals surface area contributed by atoms with Gasteiger partial charge in [-0.2, -0.15) is 0 Å². The topological polar surface area (TPSA) is 54.8 Å². The van der Waals surface area contributed by atoms with E-state index in [2.05, 4.69) is 20.6 Å². The number of H-pyrrole nitrogens is 1. The molecule has 4 nitrogen and oxygen atoms in total. The number of aromatic amines is 1. The molecule has 1 atom stereocenters. The second-order valence-corrected chi connectivity index (χ2v) is 3.03. The van der Waals surface area contributed by atoms with Gasteiger partial charge in [0, 0.05) is 31.5 Å². The van der Waals surface area contributed by atoms with Crippen molar-refractivity contribution in [1.82, 2.24) is 20.6 Å². The summed E-state index contributed by atoms with van der Waals surface area (Å²) in [6, 6.07) is 0.565. The van der Waals surface area contributed by atoms with Crippen molar-refractivity contribution in [2.75, 3.05) is 13.1 Å². The summed E-state index contributed by atoms with van der Waals surface area (Å²) >= 11 is 0. The quantitative estimate of drug-likeness (QED) is 0.656.